The topological polar surface area (TPSA) is 38.9 Å². The monoisotopic (exact) mass is 342 g/mol. The van der Waals surface area contributed by atoms with Gasteiger partial charge < -0.3 is 5.73 Å². The van der Waals surface area contributed by atoms with Crippen molar-refractivity contribution in [3.05, 3.63) is 51.6 Å². The number of rotatable bonds is 3. The van der Waals surface area contributed by atoms with E-state index in [0.717, 1.165) is 20.0 Å². The molecule has 0 fully saturated rings. The van der Waals surface area contributed by atoms with Gasteiger partial charge in [0.25, 0.3) is 0 Å². The lowest BCUT2D eigenvalue weighted by Gasteiger charge is -2.12. The Labute approximate surface area is 124 Å². The fourth-order valence-corrected chi connectivity index (χ4v) is 3.32. The zero-order chi connectivity index (χ0) is 13.1. The molecular weight excluding hydrogens is 332 g/mol. The molecule has 1 aromatic heterocycles. The van der Waals surface area contributed by atoms with Gasteiger partial charge in [-0.25, -0.2) is 4.98 Å². The van der Waals surface area contributed by atoms with Crippen LogP contribution in [0.15, 0.2) is 50.9 Å². The van der Waals surface area contributed by atoms with Gasteiger partial charge in [0.15, 0.2) is 0 Å². The van der Waals surface area contributed by atoms with Gasteiger partial charge in [0.05, 0.1) is 5.02 Å². The van der Waals surface area contributed by atoms with Gasteiger partial charge in [-0.2, -0.15) is 0 Å². The fraction of sp³-hybridized carbons (Fsp3) is 0.154. The summed E-state index contributed by atoms with van der Waals surface area (Å²) in [6.07, 6.45) is 1.73. The van der Waals surface area contributed by atoms with Crippen molar-refractivity contribution in [3.63, 3.8) is 0 Å². The van der Waals surface area contributed by atoms with Gasteiger partial charge >= 0.3 is 0 Å². The van der Waals surface area contributed by atoms with E-state index in [0.29, 0.717) is 5.02 Å². The smallest absolute Gasteiger partial charge is 0.119 e. The lowest BCUT2D eigenvalue weighted by atomic mass is 10.1. The third-order valence-electron chi connectivity index (χ3n) is 2.40. The minimum absolute atomic E-state index is 0.0249. The number of hydrogen-bond donors (Lipinski definition) is 1. The molecular formula is C13H12BrClN2S. The highest BCUT2D eigenvalue weighted by Crippen LogP contribution is 2.36. The van der Waals surface area contributed by atoms with Crippen molar-refractivity contribution in [1.29, 1.82) is 0 Å². The first-order chi connectivity index (χ1) is 8.58. The average molecular weight is 344 g/mol. The second kappa shape index (κ2) is 6.06. The molecule has 1 unspecified atom stereocenters. The van der Waals surface area contributed by atoms with E-state index >= 15 is 0 Å². The molecule has 2 N–H and O–H groups in total. The van der Waals surface area contributed by atoms with E-state index in [1.165, 1.54) is 11.8 Å². The standard InChI is InChI=1S/C13H12BrClN2S/c1-8(16)10-5-4-9(14)7-12(10)18-13-11(15)3-2-6-17-13/h2-8H,16H2,1H3. The maximum Gasteiger partial charge on any atom is 0.119 e. The molecule has 1 atom stereocenters. The molecule has 0 spiro atoms. The predicted molar refractivity (Wildman–Crippen MR) is 80.1 cm³/mol. The molecule has 2 aromatic rings. The van der Waals surface area contributed by atoms with Gasteiger partial charge in [-0.3, -0.25) is 0 Å². The minimum Gasteiger partial charge on any atom is -0.324 e. The third kappa shape index (κ3) is 3.26. The van der Waals surface area contributed by atoms with Crippen LogP contribution in [0.3, 0.4) is 0 Å². The van der Waals surface area contributed by atoms with Gasteiger partial charge in [0.2, 0.25) is 0 Å². The van der Waals surface area contributed by atoms with Crippen molar-refractivity contribution >= 4 is 39.3 Å². The highest BCUT2D eigenvalue weighted by molar-refractivity contribution is 9.10. The quantitative estimate of drug-likeness (QED) is 0.880. The number of pyridine rings is 1. The van der Waals surface area contributed by atoms with Crippen LogP contribution in [0, 0.1) is 0 Å². The van der Waals surface area contributed by atoms with Crippen molar-refractivity contribution in [2.24, 2.45) is 5.73 Å². The number of nitrogens with zero attached hydrogens (tertiary/aromatic N) is 1. The van der Waals surface area contributed by atoms with Crippen molar-refractivity contribution in [2.45, 2.75) is 22.9 Å². The SMILES string of the molecule is CC(N)c1ccc(Br)cc1Sc1ncccc1Cl. The number of halogens is 2. The first-order valence-corrected chi connectivity index (χ1v) is 7.40. The van der Waals surface area contributed by atoms with Crippen LogP contribution in [0.4, 0.5) is 0 Å². The van der Waals surface area contributed by atoms with Crippen LogP contribution in [0.1, 0.15) is 18.5 Å². The average Bonchev–Trinajstić information content (AvgIpc) is 2.32. The Balaban J connectivity index is 2.39. The van der Waals surface area contributed by atoms with Crippen LogP contribution < -0.4 is 5.73 Å². The second-order valence-electron chi connectivity index (χ2n) is 3.86. The van der Waals surface area contributed by atoms with Crippen LogP contribution in [-0.4, -0.2) is 4.98 Å². The highest BCUT2D eigenvalue weighted by Gasteiger charge is 2.11. The Kier molecular flexibility index (Phi) is 4.67. The van der Waals surface area contributed by atoms with E-state index in [1.807, 2.05) is 37.3 Å². The molecule has 18 heavy (non-hydrogen) atoms. The lowest BCUT2D eigenvalue weighted by Crippen LogP contribution is -2.06. The summed E-state index contributed by atoms with van der Waals surface area (Å²) in [5.41, 5.74) is 7.06. The second-order valence-corrected chi connectivity index (χ2v) is 6.22. The van der Waals surface area contributed by atoms with Crippen molar-refractivity contribution in [2.75, 3.05) is 0 Å². The summed E-state index contributed by atoms with van der Waals surface area (Å²) in [4.78, 5) is 5.35. The summed E-state index contributed by atoms with van der Waals surface area (Å²) in [6.45, 7) is 1.97. The van der Waals surface area contributed by atoms with E-state index in [2.05, 4.69) is 20.9 Å². The van der Waals surface area contributed by atoms with E-state index < -0.39 is 0 Å². The first-order valence-electron chi connectivity index (χ1n) is 5.41. The van der Waals surface area contributed by atoms with Gasteiger partial charge in [-0.1, -0.05) is 45.4 Å². The fourth-order valence-electron chi connectivity index (χ4n) is 1.52. The van der Waals surface area contributed by atoms with Crippen LogP contribution in [0.25, 0.3) is 0 Å². The number of benzene rings is 1. The largest absolute Gasteiger partial charge is 0.324 e. The molecule has 1 aromatic carbocycles. The third-order valence-corrected chi connectivity index (χ3v) is 4.40. The van der Waals surface area contributed by atoms with Crippen molar-refractivity contribution < 1.29 is 0 Å². The van der Waals surface area contributed by atoms with Crippen molar-refractivity contribution in [3.8, 4) is 0 Å². The Morgan fingerprint density at radius 2 is 2.17 bits per heavy atom. The number of nitrogens with two attached hydrogens (primary N) is 1. The zero-order valence-corrected chi connectivity index (χ0v) is 12.9. The summed E-state index contributed by atoms with van der Waals surface area (Å²) in [7, 11) is 0. The van der Waals surface area contributed by atoms with Crippen LogP contribution in [-0.2, 0) is 0 Å². The first kappa shape index (κ1) is 13.9. The molecule has 2 nitrogen and oxygen atoms in total. The molecule has 0 saturated heterocycles. The Bertz CT molecular complexity index is 560. The summed E-state index contributed by atoms with van der Waals surface area (Å²) in [5.74, 6) is 0. The molecule has 0 aliphatic heterocycles. The zero-order valence-electron chi connectivity index (χ0n) is 9.73. The van der Waals surface area contributed by atoms with E-state index in [-0.39, 0.29) is 6.04 Å². The maximum atomic E-state index is 6.12. The lowest BCUT2D eigenvalue weighted by molar-refractivity contribution is 0.796. The minimum atomic E-state index is -0.0249. The van der Waals surface area contributed by atoms with Gasteiger partial charge in [0.1, 0.15) is 5.03 Å². The van der Waals surface area contributed by atoms with Crippen LogP contribution in [0.2, 0.25) is 5.02 Å². The molecule has 5 heteroatoms. The molecule has 0 amide bonds. The molecule has 0 aliphatic carbocycles. The van der Waals surface area contributed by atoms with Gasteiger partial charge in [-0.05, 0) is 36.8 Å². The molecule has 94 valence electrons. The van der Waals surface area contributed by atoms with E-state index in [1.54, 1.807) is 6.20 Å². The van der Waals surface area contributed by atoms with E-state index in [9.17, 15) is 0 Å². The molecule has 0 radical (unpaired) electrons. The molecule has 2 rings (SSSR count). The van der Waals surface area contributed by atoms with Crippen molar-refractivity contribution in [1.82, 2.24) is 4.98 Å². The Morgan fingerprint density at radius 1 is 1.39 bits per heavy atom. The summed E-state index contributed by atoms with van der Waals surface area (Å²) < 4.78 is 1.02. The normalized spacial score (nSPS) is 12.4. The van der Waals surface area contributed by atoms with Gasteiger partial charge in [-0.15, -0.1) is 0 Å². The molecule has 0 aliphatic rings. The number of hydrogen-bond acceptors (Lipinski definition) is 3. The summed E-state index contributed by atoms with van der Waals surface area (Å²) in [6, 6.07) is 9.67. The molecule has 1 heterocycles. The molecule has 0 bridgehead atoms. The molecule has 0 saturated carbocycles. The summed E-state index contributed by atoms with van der Waals surface area (Å²) in [5, 5.41) is 1.44. The number of aromatic nitrogens is 1. The van der Waals surface area contributed by atoms with E-state index in [4.69, 9.17) is 17.3 Å². The highest BCUT2D eigenvalue weighted by atomic mass is 79.9. The predicted octanol–water partition coefficient (Wildman–Crippen LogP) is 4.67. The summed E-state index contributed by atoms with van der Waals surface area (Å²) >= 11 is 11.1. The van der Waals surface area contributed by atoms with Crippen LogP contribution >= 0.6 is 39.3 Å². The Morgan fingerprint density at radius 3 is 2.83 bits per heavy atom. The Hall–Kier alpha value is -0.550. The maximum absolute atomic E-state index is 6.12. The van der Waals surface area contributed by atoms with Gasteiger partial charge in [0, 0.05) is 21.6 Å². The van der Waals surface area contributed by atoms with Crippen LogP contribution in [0.5, 0.6) is 0 Å².